The van der Waals surface area contributed by atoms with Crippen molar-refractivity contribution in [2.45, 2.75) is 12.8 Å². The van der Waals surface area contributed by atoms with Crippen molar-refractivity contribution in [2.24, 2.45) is 0 Å². The molecule has 0 aromatic carbocycles. The lowest BCUT2D eigenvalue weighted by Crippen LogP contribution is -2.13. The molecule has 1 aromatic rings. The highest BCUT2D eigenvalue weighted by Crippen LogP contribution is 2.31. The molecule has 1 rings (SSSR count). The third-order valence-electron chi connectivity index (χ3n) is 1.85. The SMILES string of the molecule is COC(=O)c1cnc(CO)c(C(F)(F)F)c1. The summed E-state index contributed by atoms with van der Waals surface area (Å²) in [7, 11) is 1.05. The molecule has 0 amide bonds. The molecule has 0 unspecified atom stereocenters. The maximum atomic E-state index is 12.5. The Labute approximate surface area is 88.7 Å². The number of aromatic nitrogens is 1. The number of pyridine rings is 1. The first kappa shape index (κ1) is 12.4. The second-order valence-corrected chi connectivity index (χ2v) is 2.87. The lowest BCUT2D eigenvalue weighted by atomic mass is 10.1. The Balaban J connectivity index is 3.27. The van der Waals surface area contributed by atoms with Crippen LogP contribution in [0.1, 0.15) is 21.6 Å². The van der Waals surface area contributed by atoms with E-state index in [1.165, 1.54) is 0 Å². The summed E-state index contributed by atoms with van der Waals surface area (Å²) >= 11 is 0. The Hall–Kier alpha value is -1.63. The van der Waals surface area contributed by atoms with E-state index in [1.54, 1.807) is 0 Å². The summed E-state index contributed by atoms with van der Waals surface area (Å²) in [6, 6.07) is 0.602. The van der Waals surface area contributed by atoms with Crippen molar-refractivity contribution < 1.29 is 27.8 Å². The molecule has 0 aliphatic rings. The fourth-order valence-corrected chi connectivity index (χ4v) is 1.09. The Morgan fingerprint density at radius 2 is 2.19 bits per heavy atom. The van der Waals surface area contributed by atoms with Crippen LogP contribution >= 0.6 is 0 Å². The summed E-state index contributed by atoms with van der Waals surface area (Å²) in [6.45, 7) is -0.851. The summed E-state index contributed by atoms with van der Waals surface area (Å²) < 4.78 is 41.7. The largest absolute Gasteiger partial charge is 0.465 e. The number of esters is 1. The Bertz CT molecular complexity index is 403. The molecule has 7 heteroatoms. The van der Waals surface area contributed by atoms with E-state index in [1.807, 2.05) is 0 Å². The number of hydrogen-bond donors (Lipinski definition) is 1. The predicted octanol–water partition coefficient (Wildman–Crippen LogP) is 1.38. The predicted molar refractivity (Wildman–Crippen MR) is 46.5 cm³/mol. The molecule has 0 spiro atoms. The fraction of sp³-hybridized carbons (Fsp3) is 0.333. The average Bonchev–Trinajstić information content (AvgIpc) is 2.26. The molecule has 0 radical (unpaired) electrons. The molecule has 0 bridgehead atoms. The minimum absolute atomic E-state index is 0.313. The van der Waals surface area contributed by atoms with E-state index in [-0.39, 0.29) is 5.56 Å². The fourth-order valence-electron chi connectivity index (χ4n) is 1.09. The Kier molecular flexibility index (Phi) is 3.48. The molecule has 0 aliphatic heterocycles. The molecule has 0 saturated heterocycles. The molecule has 88 valence electrons. The van der Waals surface area contributed by atoms with Gasteiger partial charge in [-0.25, -0.2) is 4.79 Å². The molecule has 0 fully saturated rings. The standard InChI is InChI=1S/C9H8F3NO3/c1-16-8(15)5-2-6(9(10,11)12)7(4-14)13-3-5/h2-3,14H,4H2,1H3. The number of methoxy groups -OCH3 is 1. The molecular weight excluding hydrogens is 227 g/mol. The van der Waals surface area contributed by atoms with Gasteiger partial charge in [0.05, 0.1) is 30.5 Å². The molecule has 16 heavy (non-hydrogen) atoms. The van der Waals surface area contributed by atoms with Crippen LogP contribution in [0, 0.1) is 0 Å². The van der Waals surface area contributed by atoms with Crippen LogP contribution in [0.4, 0.5) is 13.2 Å². The van der Waals surface area contributed by atoms with Crippen molar-refractivity contribution in [1.29, 1.82) is 0 Å². The molecular formula is C9H8F3NO3. The average molecular weight is 235 g/mol. The summed E-state index contributed by atoms with van der Waals surface area (Å²) in [4.78, 5) is 14.4. The van der Waals surface area contributed by atoms with Crippen molar-refractivity contribution in [1.82, 2.24) is 4.98 Å². The van der Waals surface area contributed by atoms with Crippen LogP contribution in [0.15, 0.2) is 12.3 Å². The van der Waals surface area contributed by atoms with Crippen LogP contribution in [-0.4, -0.2) is 23.2 Å². The molecule has 0 atom stereocenters. The smallest absolute Gasteiger partial charge is 0.418 e. The van der Waals surface area contributed by atoms with E-state index in [0.717, 1.165) is 13.3 Å². The highest BCUT2D eigenvalue weighted by Gasteiger charge is 2.34. The topological polar surface area (TPSA) is 59.4 Å². The summed E-state index contributed by atoms with van der Waals surface area (Å²) in [6.07, 6.45) is -3.75. The van der Waals surface area contributed by atoms with Gasteiger partial charge < -0.3 is 9.84 Å². The molecule has 4 nitrogen and oxygen atoms in total. The monoisotopic (exact) mass is 235 g/mol. The normalized spacial score (nSPS) is 11.3. The number of aliphatic hydroxyl groups is 1. The van der Waals surface area contributed by atoms with Gasteiger partial charge in [-0.05, 0) is 6.07 Å². The van der Waals surface area contributed by atoms with Gasteiger partial charge in [-0.15, -0.1) is 0 Å². The molecule has 1 aromatic heterocycles. The number of carbonyl (C=O) groups is 1. The zero-order valence-corrected chi connectivity index (χ0v) is 8.21. The van der Waals surface area contributed by atoms with Gasteiger partial charge in [-0.3, -0.25) is 4.98 Å². The first-order valence-corrected chi connectivity index (χ1v) is 4.15. The van der Waals surface area contributed by atoms with Crippen LogP contribution in [0.25, 0.3) is 0 Å². The number of rotatable bonds is 2. The highest BCUT2D eigenvalue weighted by molar-refractivity contribution is 5.89. The van der Waals surface area contributed by atoms with Gasteiger partial charge in [0.2, 0.25) is 0 Å². The van der Waals surface area contributed by atoms with Crippen LogP contribution in [0.5, 0.6) is 0 Å². The molecule has 0 saturated carbocycles. The van der Waals surface area contributed by atoms with E-state index in [4.69, 9.17) is 5.11 Å². The van der Waals surface area contributed by atoms with Gasteiger partial charge >= 0.3 is 12.1 Å². The Morgan fingerprint density at radius 3 is 2.62 bits per heavy atom. The van der Waals surface area contributed by atoms with Crippen LogP contribution in [0.2, 0.25) is 0 Å². The number of halogens is 3. The van der Waals surface area contributed by atoms with Gasteiger partial charge in [0.1, 0.15) is 0 Å². The van der Waals surface area contributed by atoms with Crippen molar-refractivity contribution >= 4 is 5.97 Å². The summed E-state index contributed by atoms with van der Waals surface area (Å²) in [5, 5.41) is 8.69. The third-order valence-corrected chi connectivity index (χ3v) is 1.85. The first-order chi connectivity index (χ1) is 7.40. The van der Waals surface area contributed by atoms with Gasteiger partial charge in [0.25, 0.3) is 0 Å². The summed E-state index contributed by atoms with van der Waals surface area (Å²) in [5.74, 6) is -0.914. The number of carbonyl (C=O) groups excluding carboxylic acids is 1. The first-order valence-electron chi connectivity index (χ1n) is 4.15. The summed E-state index contributed by atoms with van der Waals surface area (Å²) in [5.41, 5.74) is -1.98. The van der Waals surface area contributed by atoms with E-state index >= 15 is 0 Å². The number of hydrogen-bond acceptors (Lipinski definition) is 4. The number of ether oxygens (including phenoxy) is 1. The van der Waals surface area contributed by atoms with E-state index in [2.05, 4.69) is 9.72 Å². The molecule has 0 aliphatic carbocycles. The number of aliphatic hydroxyl groups excluding tert-OH is 1. The maximum Gasteiger partial charge on any atom is 0.418 e. The zero-order valence-electron chi connectivity index (χ0n) is 8.21. The molecule has 1 N–H and O–H groups in total. The van der Waals surface area contributed by atoms with Crippen LogP contribution < -0.4 is 0 Å². The van der Waals surface area contributed by atoms with Crippen molar-refractivity contribution in [3.05, 3.63) is 29.1 Å². The van der Waals surface area contributed by atoms with E-state index in [9.17, 15) is 18.0 Å². The lowest BCUT2D eigenvalue weighted by Gasteiger charge is -2.11. The van der Waals surface area contributed by atoms with E-state index < -0.39 is 30.0 Å². The third kappa shape index (κ3) is 2.48. The maximum absolute atomic E-state index is 12.5. The van der Waals surface area contributed by atoms with Gasteiger partial charge in [0.15, 0.2) is 0 Å². The Morgan fingerprint density at radius 1 is 1.56 bits per heavy atom. The minimum Gasteiger partial charge on any atom is -0.465 e. The number of nitrogens with zero attached hydrogens (tertiary/aromatic N) is 1. The van der Waals surface area contributed by atoms with E-state index in [0.29, 0.717) is 6.07 Å². The quantitative estimate of drug-likeness (QED) is 0.786. The highest BCUT2D eigenvalue weighted by atomic mass is 19.4. The van der Waals surface area contributed by atoms with Crippen molar-refractivity contribution in [2.75, 3.05) is 7.11 Å². The zero-order chi connectivity index (χ0) is 12.3. The number of alkyl halides is 3. The second kappa shape index (κ2) is 4.48. The van der Waals surface area contributed by atoms with Gasteiger partial charge in [0, 0.05) is 6.20 Å². The minimum atomic E-state index is -4.67. The van der Waals surface area contributed by atoms with Crippen LogP contribution in [0.3, 0.4) is 0 Å². The lowest BCUT2D eigenvalue weighted by molar-refractivity contribution is -0.139. The van der Waals surface area contributed by atoms with Crippen LogP contribution in [-0.2, 0) is 17.5 Å². The van der Waals surface area contributed by atoms with Crippen molar-refractivity contribution in [3.8, 4) is 0 Å². The second-order valence-electron chi connectivity index (χ2n) is 2.87. The van der Waals surface area contributed by atoms with Gasteiger partial charge in [-0.1, -0.05) is 0 Å². The van der Waals surface area contributed by atoms with Crippen molar-refractivity contribution in [3.63, 3.8) is 0 Å². The van der Waals surface area contributed by atoms with Gasteiger partial charge in [-0.2, -0.15) is 13.2 Å². The molecule has 1 heterocycles.